The standard InChI is InChI=1S/C22H22F2N6O2.ClH/c1-2-32-19(21(31)28-9-12-3-5-13(6-4-12)20(25)26)18-16(23)7-14(8-17(18)24)15-10-29-22(27)30-11-15;/h3-8,10-11,19H,2,9H2,1H3,(H3,25,26)(H,28,31)(H2,27,29,30);1H. The Balaban J connectivity index is 0.00000385. The van der Waals surface area contributed by atoms with E-state index in [-0.39, 0.29) is 42.9 Å². The van der Waals surface area contributed by atoms with Gasteiger partial charge in [0.15, 0.2) is 6.10 Å². The molecule has 0 spiro atoms. The minimum absolute atomic E-state index is 0. The predicted octanol–water partition coefficient (Wildman–Crippen LogP) is 3.10. The number of hydrogen-bond acceptors (Lipinski definition) is 6. The molecule has 0 aliphatic carbocycles. The zero-order chi connectivity index (χ0) is 23.3. The van der Waals surface area contributed by atoms with E-state index in [0.717, 1.165) is 17.7 Å². The Morgan fingerprint density at radius 3 is 2.21 bits per heavy atom. The van der Waals surface area contributed by atoms with Gasteiger partial charge in [-0.3, -0.25) is 10.2 Å². The summed E-state index contributed by atoms with van der Waals surface area (Å²) in [5.74, 6) is -2.59. The maximum atomic E-state index is 14.9. The van der Waals surface area contributed by atoms with Gasteiger partial charge in [-0.25, -0.2) is 18.7 Å². The van der Waals surface area contributed by atoms with Gasteiger partial charge in [0.1, 0.15) is 17.5 Å². The third-order valence-corrected chi connectivity index (χ3v) is 4.65. The van der Waals surface area contributed by atoms with E-state index in [1.165, 1.54) is 12.4 Å². The summed E-state index contributed by atoms with van der Waals surface area (Å²) in [7, 11) is 0. The fraction of sp³-hybridized carbons (Fsp3) is 0.182. The van der Waals surface area contributed by atoms with Gasteiger partial charge in [0.05, 0.1) is 5.56 Å². The van der Waals surface area contributed by atoms with Gasteiger partial charge in [-0.05, 0) is 30.2 Å². The summed E-state index contributed by atoms with van der Waals surface area (Å²) in [6.07, 6.45) is 1.22. The Kier molecular flexibility index (Phi) is 8.78. The molecule has 1 heterocycles. The number of hydrogen-bond donors (Lipinski definition) is 4. The van der Waals surface area contributed by atoms with E-state index < -0.39 is 29.2 Å². The van der Waals surface area contributed by atoms with Gasteiger partial charge in [-0.15, -0.1) is 12.4 Å². The van der Waals surface area contributed by atoms with Crippen LogP contribution in [0.4, 0.5) is 14.7 Å². The highest BCUT2D eigenvalue weighted by Crippen LogP contribution is 2.29. The zero-order valence-corrected chi connectivity index (χ0v) is 18.5. The predicted molar refractivity (Wildman–Crippen MR) is 123 cm³/mol. The molecule has 3 aromatic rings. The molecule has 8 nitrogen and oxygen atoms in total. The Hall–Kier alpha value is -3.63. The number of aromatic nitrogens is 2. The van der Waals surface area contributed by atoms with Crippen LogP contribution in [0.25, 0.3) is 11.1 Å². The van der Waals surface area contributed by atoms with Crippen LogP contribution in [-0.2, 0) is 16.1 Å². The lowest BCUT2D eigenvalue weighted by molar-refractivity contribution is -0.133. The molecule has 0 fully saturated rings. The molecular weight excluding hydrogens is 454 g/mol. The third-order valence-electron chi connectivity index (χ3n) is 4.65. The quantitative estimate of drug-likeness (QED) is 0.291. The molecule has 0 bridgehead atoms. The number of carbonyl (C=O) groups is 1. The van der Waals surface area contributed by atoms with Crippen LogP contribution in [0.3, 0.4) is 0 Å². The van der Waals surface area contributed by atoms with Crippen molar-refractivity contribution in [2.24, 2.45) is 5.73 Å². The van der Waals surface area contributed by atoms with Gasteiger partial charge < -0.3 is 21.5 Å². The average molecular weight is 477 g/mol. The first-order chi connectivity index (χ1) is 15.3. The van der Waals surface area contributed by atoms with Crippen LogP contribution in [0.2, 0.25) is 0 Å². The van der Waals surface area contributed by atoms with Crippen molar-refractivity contribution in [3.8, 4) is 11.1 Å². The van der Waals surface area contributed by atoms with Crippen molar-refractivity contribution < 1.29 is 18.3 Å². The molecule has 0 saturated heterocycles. The zero-order valence-electron chi connectivity index (χ0n) is 17.6. The van der Waals surface area contributed by atoms with Crippen LogP contribution >= 0.6 is 12.4 Å². The van der Waals surface area contributed by atoms with Crippen molar-refractivity contribution in [3.05, 3.63) is 77.1 Å². The number of amides is 1. The maximum absolute atomic E-state index is 14.9. The molecule has 1 amide bonds. The SMILES string of the molecule is CCOC(C(=O)NCc1ccc(C(=N)N)cc1)c1c(F)cc(-c2cnc(N)nc2)cc1F.Cl. The van der Waals surface area contributed by atoms with E-state index in [1.54, 1.807) is 31.2 Å². The lowest BCUT2D eigenvalue weighted by Crippen LogP contribution is -2.31. The number of nitrogens with two attached hydrogens (primary N) is 2. The number of nitrogens with one attached hydrogen (secondary N) is 2. The van der Waals surface area contributed by atoms with Gasteiger partial charge in [-0.2, -0.15) is 0 Å². The largest absolute Gasteiger partial charge is 0.384 e. The van der Waals surface area contributed by atoms with Crippen LogP contribution < -0.4 is 16.8 Å². The molecule has 0 saturated carbocycles. The van der Waals surface area contributed by atoms with Crippen LogP contribution in [0.15, 0.2) is 48.8 Å². The van der Waals surface area contributed by atoms with Gasteiger partial charge in [0.25, 0.3) is 5.91 Å². The molecule has 0 radical (unpaired) electrons. The molecule has 174 valence electrons. The van der Waals surface area contributed by atoms with Crippen LogP contribution in [0.1, 0.15) is 29.7 Å². The molecule has 6 N–H and O–H groups in total. The summed E-state index contributed by atoms with van der Waals surface area (Å²) in [6, 6.07) is 8.85. The first-order valence-corrected chi connectivity index (χ1v) is 9.69. The molecule has 11 heteroatoms. The summed E-state index contributed by atoms with van der Waals surface area (Å²) < 4.78 is 35.2. The molecule has 1 unspecified atom stereocenters. The Morgan fingerprint density at radius 2 is 1.70 bits per heavy atom. The van der Waals surface area contributed by atoms with E-state index in [0.29, 0.717) is 11.1 Å². The second kappa shape index (κ2) is 11.3. The van der Waals surface area contributed by atoms with E-state index in [1.807, 2.05) is 0 Å². The van der Waals surface area contributed by atoms with Crippen molar-refractivity contribution >= 4 is 30.1 Å². The smallest absolute Gasteiger partial charge is 0.254 e. The summed E-state index contributed by atoms with van der Waals surface area (Å²) in [4.78, 5) is 20.3. The lowest BCUT2D eigenvalue weighted by Gasteiger charge is -2.19. The van der Waals surface area contributed by atoms with Crippen molar-refractivity contribution in [2.75, 3.05) is 12.3 Å². The second-order valence-electron chi connectivity index (χ2n) is 6.85. The fourth-order valence-corrected chi connectivity index (χ4v) is 3.03. The van der Waals surface area contributed by atoms with Gasteiger partial charge in [0.2, 0.25) is 5.95 Å². The number of halogens is 3. The summed E-state index contributed by atoms with van der Waals surface area (Å²) in [6.45, 7) is 1.79. The van der Waals surface area contributed by atoms with Gasteiger partial charge >= 0.3 is 0 Å². The number of rotatable bonds is 8. The van der Waals surface area contributed by atoms with E-state index >= 15 is 0 Å². The summed E-state index contributed by atoms with van der Waals surface area (Å²) in [5, 5.41) is 10.0. The van der Waals surface area contributed by atoms with E-state index in [4.69, 9.17) is 21.6 Å². The normalized spacial score (nSPS) is 11.4. The van der Waals surface area contributed by atoms with Crippen LogP contribution in [0.5, 0.6) is 0 Å². The van der Waals surface area contributed by atoms with E-state index in [9.17, 15) is 13.6 Å². The Morgan fingerprint density at radius 1 is 1.12 bits per heavy atom. The van der Waals surface area contributed by atoms with Crippen LogP contribution in [-0.4, -0.2) is 28.3 Å². The molecule has 0 aliphatic heterocycles. The number of benzene rings is 2. The summed E-state index contributed by atoms with van der Waals surface area (Å²) >= 11 is 0. The molecule has 1 atom stereocenters. The van der Waals surface area contributed by atoms with Crippen molar-refractivity contribution in [1.82, 2.24) is 15.3 Å². The van der Waals surface area contributed by atoms with Crippen molar-refractivity contribution in [1.29, 1.82) is 5.41 Å². The molecule has 2 aromatic carbocycles. The van der Waals surface area contributed by atoms with Crippen LogP contribution in [0, 0.1) is 17.0 Å². The van der Waals surface area contributed by atoms with Gasteiger partial charge in [-0.1, -0.05) is 24.3 Å². The van der Waals surface area contributed by atoms with E-state index in [2.05, 4.69) is 15.3 Å². The molecular formula is C22H23ClF2N6O2. The molecule has 33 heavy (non-hydrogen) atoms. The van der Waals surface area contributed by atoms with Crippen molar-refractivity contribution in [2.45, 2.75) is 19.6 Å². The third kappa shape index (κ3) is 6.21. The number of ether oxygens (including phenoxy) is 1. The molecule has 0 aliphatic rings. The fourth-order valence-electron chi connectivity index (χ4n) is 3.03. The highest BCUT2D eigenvalue weighted by molar-refractivity contribution is 5.94. The number of nitrogens with zero attached hydrogens (tertiary/aromatic N) is 2. The Labute approximate surface area is 195 Å². The first kappa shape index (κ1) is 25.6. The highest BCUT2D eigenvalue weighted by atomic mass is 35.5. The Bertz CT molecular complexity index is 1100. The minimum atomic E-state index is -1.48. The van der Waals surface area contributed by atoms with Crippen molar-refractivity contribution in [3.63, 3.8) is 0 Å². The number of carbonyl (C=O) groups excluding carboxylic acids is 1. The second-order valence-corrected chi connectivity index (χ2v) is 6.85. The topological polar surface area (TPSA) is 140 Å². The molecule has 1 aromatic heterocycles. The summed E-state index contributed by atoms with van der Waals surface area (Å²) in [5.41, 5.74) is 12.2. The molecule has 3 rings (SSSR count). The number of anilines is 1. The maximum Gasteiger partial charge on any atom is 0.254 e. The monoisotopic (exact) mass is 476 g/mol. The number of nitrogen functional groups attached to an aromatic ring is 2. The lowest BCUT2D eigenvalue weighted by atomic mass is 10.0. The average Bonchev–Trinajstić information content (AvgIpc) is 2.77. The minimum Gasteiger partial charge on any atom is -0.384 e. The first-order valence-electron chi connectivity index (χ1n) is 9.69. The van der Waals surface area contributed by atoms with Gasteiger partial charge in [0, 0.05) is 36.7 Å². The number of amidine groups is 1. The highest BCUT2D eigenvalue weighted by Gasteiger charge is 2.28.